The summed E-state index contributed by atoms with van der Waals surface area (Å²) in [6.45, 7) is -0.437. The Morgan fingerprint density at radius 1 is 0.935 bits per heavy atom. The molecule has 3 aromatic rings. The standard InChI is InChI=1S/C22H21ClN2O5S/c1-29-19-10-12-21(13-11-19)31(27,28)25(18-8-6-16(23)7-9-18)15-22(26)24-17-4-3-5-20(14-17)30-2/h3-14H,15H2,1-2H3,(H,24,26). The van der Waals surface area contributed by atoms with E-state index in [0.29, 0.717) is 27.9 Å². The number of amides is 1. The lowest BCUT2D eigenvalue weighted by Crippen LogP contribution is -2.38. The van der Waals surface area contributed by atoms with Gasteiger partial charge in [0, 0.05) is 16.8 Å². The minimum absolute atomic E-state index is 0.0254. The zero-order chi connectivity index (χ0) is 22.4. The van der Waals surface area contributed by atoms with Crippen molar-refractivity contribution >= 4 is 38.9 Å². The van der Waals surface area contributed by atoms with Gasteiger partial charge in [-0.25, -0.2) is 8.42 Å². The molecule has 3 aromatic carbocycles. The molecule has 1 N–H and O–H groups in total. The lowest BCUT2D eigenvalue weighted by atomic mass is 10.3. The average molecular weight is 461 g/mol. The van der Waals surface area contributed by atoms with E-state index in [0.717, 1.165) is 4.31 Å². The highest BCUT2D eigenvalue weighted by atomic mass is 35.5. The molecule has 0 aromatic heterocycles. The van der Waals surface area contributed by atoms with Crippen LogP contribution in [0.15, 0.2) is 77.7 Å². The van der Waals surface area contributed by atoms with E-state index in [1.165, 1.54) is 26.4 Å². The SMILES string of the molecule is COc1ccc(S(=O)(=O)N(CC(=O)Nc2cccc(OC)c2)c2ccc(Cl)cc2)cc1. The van der Waals surface area contributed by atoms with Crippen LogP contribution in [-0.2, 0) is 14.8 Å². The first-order chi connectivity index (χ1) is 14.8. The fraction of sp³-hybridized carbons (Fsp3) is 0.136. The van der Waals surface area contributed by atoms with Crippen LogP contribution < -0.4 is 19.1 Å². The molecule has 0 aliphatic carbocycles. The number of nitrogens with zero attached hydrogens (tertiary/aromatic N) is 1. The normalized spacial score (nSPS) is 10.9. The Morgan fingerprint density at radius 2 is 1.58 bits per heavy atom. The molecule has 1 amide bonds. The smallest absolute Gasteiger partial charge is 0.264 e. The van der Waals surface area contributed by atoms with Gasteiger partial charge in [0.15, 0.2) is 0 Å². The molecule has 0 heterocycles. The third-order valence-electron chi connectivity index (χ3n) is 4.40. The van der Waals surface area contributed by atoms with Gasteiger partial charge in [0.1, 0.15) is 18.0 Å². The summed E-state index contributed by atoms with van der Waals surface area (Å²) in [6, 6.07) is 18.9. The van der Waals surface area contributed by atoms with Gasteiger partial charge in [0.25, 0.3) is 10.0 Å². The summed E-state index contributed by atoms with van der Waals surface area (Å²) < 4.78 is 38.0. The monoisotopic (exact) mass is 460 g/mol. The number of carbonyl (C=O) groups excluding carboxylic acids is 1. The van der Waals surface area contributed by atoms with Gasteiger partial charge < -0.3 is 14.8 Å². The van der Waals surface area contributed by atoms with Gasteiger partial charge in [-0.3, -0.25) is 9.10 Å². The van der Waals surface area contributed by atoms with Crippen molar-refractivity contribution < 1.29 is 22.7 Å². The predicted molar refractivity (Wildman–Crippen MR) is 121 cm³/mol. The molecule has 9 heteroatoms. The van der Waals surface area contributed by atoms with Crippen molar-refractivity contribution in [2.75, 3.05) is 30.4 Å². The van der Waals surface area contributed by atoms with Crippen molar-refractivity contribution in [2.24, 2.45) is 0 Å². The predicted octanol–water partition coefficient (Wildman–Crippen LogP) is 4.19. The van der Waals surface area contributed by atoms with E-state index in [1.54, 1.807) is 60.7 Å². The topological polar surface area (TPSA) is 84.9 Å². The minimum atomic E-state index is -4.04. The van der Waals surface area contributed by atoms with Gasteiger partial charge >= 0.3 is 0 Å². The summed E-state index contributed by atoms with van der Waals surface area (Å²) in [7, 11) is -1.03. The van der Waals surface area contributed by atoms with Crippen LogP contribution >= 0.6 is 11.6 Å². The number of rotatable bonds is 8. The summed E-state index contributed by atoms with van der Waals surface area (Å²) in [5.41, 5.74) is 0.795. The summed E-state index contributed by atoms with van der Waals surface area (Å²) in [4.78, 5) is 12.8. The molecule has 0 bridgehead atoms. The van der Waals surface area contributed by atoms with Crippen LogP contribution in [0.3, 0.4) is 0 Å². The second-order valence-corrected chi connectivity index (χ2v) is 8.74. The van der Waals surface area contributed by atoms with Crippen LogP contribution in [0.25, 0.3) is 0 Å². The van der Waals surface area contributed by atoms with Crippen LogP contribution in [0.4, 0.5) is 11.4 Å². The fourth-order valence-corrected chi connectivity index (χ4v) is 4.38. The molecular formula is C22H21ClN2O5S. The van der Waals surface area contributed by atoms with Gasteiger partial charge in [0.2, 0.25) is 5.91 Å². The van der Waals surface area contributed by atoms with Crippen molar-refractivity contribution in [3.05, 3.63) is 77.8 Å². The van der Waals surface area contributed by atoms with Gasteiger partial charge in [-0.15, -0.1) is 0 Å². The Bertz CT molecular complexity index is 1150. The maximum absolute atomic E-state index is 13.4. The van der Waals surface area contributed by atoms with Gasteiger partial charge in [-0.2, -0.15) is 0 Å². The molecule has 31 heavy (non-hydrogen) atoms. The van der Waals surface area contributed by atoms with Crippen molar-refractivity contribution in [1.82, 2.24) is 0 Å². The molecule has 0 saturated carbocycles. The summed E-state index contributed by atoms with van der Waals surface area (Å²) in [5.74, 6) is 0.575. The number of methoxy groups -OCH3 is 2. The molecule has 3 rings (SSSR count). The number of carbonyl (C=O) groups is 1. The molecular weight excluding hydrogens is 440 g/mol. The van der Waals surface area contributed by atoms with Gasteiger partial charge in [0.05, 0.1) is 24.8 Å². The summed E-state index contributed by atoms with van der Waals surface area (Å²) in [6.07, 6.45) is 0. The van der Waals surface area contributed by atoms with Crippen LogP contribution in [0.1, 0.15) is 0 Å². The van der Waals surface area contributed by atoms with E-state index in [-0.39, 0.29) is 4.90 Å². The van der Waals surface area contributed by atoms with Gasteiger partial charge in [-0.05, 0) is 60.7 Å². The maximum atomic E-state index is 13.4. The number of hydrogen-bond donors (Lipinski definition) is 1. The Balaban J connectivity index is 1.92. The van der Waals surface area contributed by atoms with Crippen LogP contribution in [-0.4, -0.2) is 35.1 Å². The van der Waals surface area contributed by atoms with Crippen LogP contribution in [0.2, 0.25) is 5.02 Å². The molecule has 162 valence electrons. The summed E-state index contributed by atoms with van der Waals surface area (Å²) >= 11 is 5.95. The number of halogens is 1. The van der Waals surface area contributed by atoms with Crippen LogP contribution in [0, 0.1) is 0 Å². The lowest BCUT2D eigenvalue weighted by molar-refractivity contribution is -0.114. The van der Waals surface area contributed by atoms with E-state index in [9.17, 15) is 13.2 Å². The molecule has 0 unspecified atom stereocenters. The van der Waals surface area contributed by atoms with Crippen molar-refractivity contribution in [2.45, 2.75) is 4.90 Å². The largest absolute Gasteiger partial charge is 0.497 e. The fourth-order valence-electron chi connectivity index (χ4n) is 2.83. The number of benzene rings is 3. The van der Waals surface area contributed by atoms with E-state index in [4.69, 9.17) is 21.1 Å². The second-order valence-electron chi connectivity index (χ2n) is 6.44. The quantitative estimate of drug-likeness (QED) is 0.544. The zero-order valence-electron chi connectivity index (χ0n) is 16.9. The molecule has 7 nitrogen and oxygen atoms in total. The molecule has 0 aliphatic heterocycles. The highest BCUT2D eigenvalue weighted by molar-refractivity contribution is 7.92. The van der Waals surface area contributed by atoms with Crippen molar-refractivity contribution in [1.29, 1.82) is 0 Å². The number of hydrogen-bond acceptors (Lipinski definition) is 5. The third-order valence-corrected chi connectivity index (χ3v) is 6.44. The highest BCUT2D eigenvalue weighted by Crippen LogP contribution is 2.26. The Labute approximate surface area is 186 Å². The number of ether oxygens (including phenoxy) is 2. The first-order valence-corrected chi connectivity index (χ1v) is 11.0. The first kappa shape index (κ1) is 22.5. The molecule has 0 aliphatic rings. The van der Waals surface area contributed by atoms with Gasteiger partial charge in [-0.1, -0.05) is 17.7 Å². The van der Waals surface area contributed by atoms with Crippen molar-refractivity contribution in [3.8, 4) is 11.5 Å². The van der Waals surface area contributed by atoms with Crippen molar-refractivity contribution in [3.63, 3.8) is 0 Å². The van der Waals surface area contributed by atoms with E-state index in [2.05, 4.69) is 5.32 Å². The Morgan fingerprint density at radius 3 is 2.19 bits per heavy atom. The molecule has 0 radical (unpaired) electrons. The molecule has 0 fully saturated rings. The van der Waals surface area contributed by atoms with E-state index >= 15 is 0 Å². The molecule has 0 spiro atoms. The highest BCUT2D eigenvalue weighted by Gasteiger charge is 2.27. The Hall–Kier alpha value is -3.23. The molecule has 0 saturated heterocycles. The number of anilines is 2. The number of sulfonamides is 1. The first-order valence-electron chi connectivity index (χ1n) is 9.20. The zero-order valence-corrected chi connectivity index (χ0v) is 18.5. The second kappa shape index (κ2) is 9.72. The maximum Gasteiger partial charge on any atom is 0.264 e. The third kappa shape index (κ3) is 5.48. The lowest BCUT2D eigenvalue weighted by Gasteiger charge is -2.24. The molecule has 0 atom stereocenters. The van der Waals surface area contributed by atoms with E-state index < -0.39 is 22.5 Å². The minimum Gasteiger partial charge on any atom is -0.497 e. The summed E-state index contributed by atoms with van der Waals surface area (Å²) in [5, 5.41) is 3.15. The average Bonchev–Trinajstić information content (AvgIpc) is 2.78. The number of nitrogens with one attached hydrogen (secondary N) is 1. The Kier molecular flexibility index (Phi) is 7.04. The van der Waals surface area contributed by atoms with E-state index in [1.807, 2.05) is 0 Å². The van der Waals surface area contributed by atoms with Crippen LogP contribution in [0.5, 0.6) is 11.5 Å².